The number of thiophene rings is 1. The van der Waals surface area contributed by atoms with E-state index in [1.807, 2.05) is 31.4 Å². The maximum absolute atomic E-state index is 12.7. The highest BCUT2D eigenvalue weighted by molar-refractivity contribution is 7.20. The van der Waals surface area contributed by atoms with Gasteiger partial charge in [-0.2, -0.15) is 5.10 Å². The first-order chi connectivity index (χ1) is 14.9. The van der Waals surface area contributed by atoms with Crippen molar-refractivity contribution in [3.05, 3.63) is 79.1 Å². The second kappa shape index (κ2) is 7.60. The van der Waals surface area contributed by atoms with Gasteiger partial charge in [0.05, 0.1) is 17.1 Å². The molecule has 0 saturated heterocycles. The van der Waals surface area contributed by atoms with Crippen molar-refractivity contribution in [2.24, 2.45) is 0 Å². The van der Waals surface area contributed by atoms with E-state index in [0.717, 1.165) is 27.3 Å². The lowest BCUT2D eigenvalue weighted by Gasteiger charge is -2.04. The third-order valence-corrected chi connectivity index (χ3v) is 7.08. The highest BCUT2D eigenvalue weighted by atomic mass is 35.5. The van der Waals surface area contributed by atoms with Gasteiger partial charge in [0.25, 0.3) is 5.56 Å². The number of hydrogen-bond acceptors (Lipinski definition) is 7. The lowest BCUT2D eigenvalue weighted by molar-refractivity contribution is 0.0473. The smallest absolute Gasteiger partial charge is 0.348 e. The van der Waals surface area contributed by atoms with Crippen LogP contribution in [-0.2, 0) is 11.3 Å². The molecule has 0 amide bonds. The lowest BCUT2D eigenvalue weighted by Crippen LogP contribution is -2.16. The normalized spacial score (nSPS) is 11.5. The standard InChI is InChI=1S/C21H15ClN4O3S2/c1-11-10-30-21-23-14(7-18(27)25(11)21)9-29-20(28)17-8-16-12(2)24-26(19(16)31-17)15-5-3-13(22)4-6-15/h3-8,10H,9H2,1-2H3. The number of ether oxygens (including phenoxy) is 1. The van der Waals surface area contributed by atoms with Crippen molar-refractivity contribution in [1.29, 1.82) is 0 Å². The monoisotopic (exact) mass is 470 g/mol. The first kappa shape index (κ1) is 19.9. The Labute approximate surface area is 189 Å². The van der Waals surface area contributed by atoms with E-state index in [-0.39, 0.29) is 12.2 Å². The molecule has 0 unspecified atom stereocenters. The van der Waals surface area contributed by atoms with Gasteiger partial charge in [0.2, 0.25) is 0 Å². The summed E-state index contributed by atoms with van der Waals surface area (Å²) in [5.41, 5.74) is 2.73. The van der Waals surface area contributed by atoms with Gasteiger partial charge in [0.15, 0.2) is 4.96 Å². The Bertz CT molecular complexity index is 1510. The molecule has 0 fully saturated rings. The van der Waals surface area contributed by atoms with Crippen LogP contribution in [0.25, 0.3) is 20.9 Å². The average Bonchev–Trinajstić information content (AvgIpc) is 3.42. The maximum atomic E-state index is 12.7. The van der Waals surface area contributed by atoms with Crippen molar-refractivity contribution in [3.8, 4) is 5.69 Å². The van der Waals surface area contributed by atoms with E-state index in [1.54, 1.807) is 22.9 Å². The number of fused-ring (bicyclic) bond motifs is 2. The van der Waals surface area contributed by atoms with Crippen LogP contribution in [0.1, 0.15) is 26.8 Å². The summed E-state index contributed by atoms with van der Waals surface area (Å²) >= 11 is 8.66. The van der Waals surface area contributed by atoms with Gasteiger partial charge in [-0.3, -0.25) is 9.20 Å². The Morgan fingerprint density at radius 3 is 2.74 bits per heavy atom. The second-order valence-electron chi connectivity index (χ2n) is 6.96. The minimum atomic E-state index is -0.465. The number of aryl methyl sites for hydroxylation is 2. The van der Waals surface area contributed by atoms with Crippen LogP contribution in [0, 0.1) is 13.8 Å². The highest BCUT2D eigenvalue weighted by Crippen LogP contribution is 2.31. The summed E-state index contributed by atoms with van der Waals surface area (Å²) in [6, 6.07) is 10.5. The zero-order valence-corrected chi connectivity index (χ0v) is 18.8. The zero-order valence-electron chi connectivity index (χ0n) is 16.5. The van der Waals surface area contributed by atoms with Gasteiger partial charge in [-0.1, -0.05) is 11.6 Å². The molecule has 7 nitrogen and oxygen atoms in total. The summed E-state index contributed by atoms with van der Waals surface area (Å²) in [5.74, 6) is -0.465. The second-order valence-corrected chi connectivity index (χ2v) is 9.26. The van der Waals surface area contributed by atoms with E-state index in [9.17, 15) is 9.59 Å². The molecule has 0 aliphatic heterocycles. The molecular weight excluding hydrogens is 456 g/mol. The third kappa shape index (κ3) is 3.54. The molecular formula is C21H15ClN4O3S2. The summed E-state index contributed by atoms with van der Waals surface area (Å²) in [6.45, 7) is 3.67. The Balaban J connectivity index is 1.41. The molecule has 0 radical (unpaired) electrons. The molecule has 4 heterocycles. The average molecular weight is 471 g/mol. The molecule has 156 valence electrons. The molecule has 0 saturated carbocycles. The van der Waals surface area contributed by atoms with Crippen molar-refractivity contribution in [2.45, 2.75) is 20.5 Å². The van der Waals surface area contributed by atoms with Gasteiger partial charge < -0.3 is 4.74 Å². The lowest BCUT2D eigenvalue weighted by atomic mass is 10.3. The number of nitrogens with zero attached hydrogens (tertiary/aromatic N) is 4. The maximum Gasteiger partial charge on any atom is 0.348 e. The minimum Gasteiger partial charge on any atom is -0.455 e. The molecule has 0 spiro atoms. The predicted molar refractivity (Wildman–Crippen MR) is 122 cm³/mol. The number of aromatic nitrogens is 4. The zero-order chi connectivity index (χ0) is 21.7. The SMILES string of the molecule is Cc1nn(-c2ccc(Cl)cc2)c2sc(C(=O)OCc3cc(=O)n4c(C)csc4n3)cc12. The Morgan fingerprint density at radius 1 is 1.19 bits per heavy atom. The van der Waals surface area contributed by atoms with Crippen LogP contribution < -0.4 is 5.56 Å². The van der Waals surface area contributed by atoms with Crippen molar-refractivity contribution in [2.75, 3.05) is 0 Å². The van der Waals surface area contributed by atoms with Crippen LogP contribution in [-0.4, -0.2) is 25.1 Å². The van der Waals surface area contributed by atoms with Gasteiger partial charge in [0.1, 0.15) is 16.3 Å². The molecule has 10 heteroatoms. The molecule has 4 aromatic heterocycles. The highest BCUT2D eigenvalue weighted by Gasteiger charge is 2.19. The van der Waals surface area contributed by atoms with Crippen LogP contribution >= 0.6 is 34.3 Å². The molecule has 31 heavy (non-hydrogen) atoms. The van der Waals surface area contributed by atoms with Crippen LogP contribution in [0.4, 0.5) is 0 Å². The molecule has 0 aliphatic rings. The summed E-state index contributed by atoms with van der Waals surface area (Å²) in [5, 5.41) is 7.96. The third-order valence-electron chi connectivity index (χ3n) is 4.80. The topological polar surface area (TPSA) is 78.5 Å². The van der Waals surface area contributed by atoms with Gasteiger partial charge >= 0.3 is 5.97 Å². The number of rotatable bonds is 4. The summed E-state index contributed by atoms with van der Waals surface area (Å²) < 4.78 is 8.77. The van der Waals surface area contributed by atoms with E-state index in [0.29, 0.717) is 20.6 Å². The van der Waals surface area contributed by atoms with Crippen molar-refractivity contribution < 1.29 is 9.53 Å². The number of hydrogen-bond donors (Lipinski definition) is 0. The van der Waals surface area contributed by atoms with E-state index < -0.39 is 5.97 Å². The van der Waals surface area contributed by atoms with Crippen LogP contribution in [0.3, 0.4) is 0 Å². The first-order valence-corrected chi connectivity index (χ1v) is 11.4. The first-order valence-electron chi connectivity index (χ1n) is 9.30. The van der Waals surface area contributed by atoms with E-state index in [1.165, 1.54) is 33.1 Å². The molecule has 0 aliphatic carbocycles. The van der Waals surface area contributed by atoms with Crippen LogP contribution in [0.2, 0.25) is 5.02 Å². The predicted octanol–water partition coefficient (Wildman–Crippen LogP) is 4.78. The Morgan fingerprint density at radius 2 is 1.97 bits per heavy atom. The summed E-state index contributed by atoms with van der Waals surface area (Å²) in [4.78, 5) is 31.3. The van der Waals surface area contributed by atoms with Gasteiger partial charge in [0, 0.05) is 27.5 Å². The number of esters is 1. The van der Waals surface area contributed by atoms with Gasteiger partial charge in [-0.15, -0.1) is 22.7 Å². The van der Waals surface area contributed by atoms with Crippen molar-refractivity contribution in [3.63, 3.8) is 0 Å². The van der Waals surface area contributed by atoms with Gasteiger partial charge in [-0.05, 0) is 44.2 Å². The van der Waals surface area contributed by atoms with E-state index in [2.05, 4.69) is 10.1 Å². The fraction of sp³-hybridized carbons (Fsp3) is 0.143. The van der Waals surface area contributed by atoms with Crippen LogP contribution in [0.5, 0.6) is 0 Å². The minimum absolute atomic E-state index is 0.0714. The van der Waals surface area contributed by atoms with Crippen molar-refractivity contribution in [1.82, 2.24) is 19.2 Å². The molecule has 0 atom stereocenters. The largest absolute Gasteiger partial charge is 0.455 e. The van der Waals surface area contributed by atoms with Crippen molar-refractivity contribution >= 4 is 55.4 Å². The number of thiazole rings is 1. The van der Waals surface area contributed by atoms with Crippen LogP contribution in [0.15, 0.2) is 46.6 Å². The molecule has 0 bridgehead atoms. The fourth-order valence-electron chi connectivity index (χ4n) is 3.29. The quantitative estimate of drug-likeness (QED) is 0.353. The Kier molecular flexibility index (Phi) is 4.88. The summed E-state index contributed by atoms with van der Waals surface area (Å²) in [6.07, 6.45) is 0. The molecule has 0 N–H and O–H groups in total. The number of halogens is 1. The molecule has 5 aromatic rings. The number of benzene rings is 1. The summed E-state index contributed by atoms with van der Waals surface area (Å²) in [7, 11) is 0. The Hall–Kier alpha value is -3.01. The van der Waals surface area contributed by atoms with Gasteiger partial charge in [-0.25, -0.2) is 14.5 Å². The molecule has 1 aromatic carbocycles. The molecule has 5 rings (SSSR count). The number of carbonyl (C=O) groups excluding carboxylic acids is 1. The number of carbonyl (C=O) groups is 1. The van der Waals surface area contributed by atoms with E-state index >= 15 is 0 Å². The van der Waals surface area contributed by atoms with E-state index in [4.69, 9.17) is 16.3 Å². The fourth-order valence-corrected chi connectivity index (χ4v) is 5.38.